The van der Waals surface area contributed by atoms with Crippen molar-refractivity contribution >= 4 is 17.7 Å². The Morgan fingerprint density at radius 1 is 1.58 bits per heavy atom. The summed E-state index contributed by atoms with van der Waals surface area (Å²) in [6, 6.07) is 5.86. The van der Waals surface area contributed by atoms with E-state index in [0.717, 1.165) is 10.6 Å². The summed E-state index contributed by atoms with van der Waals surface area (Å²) < 4.78 is 0. The van der Waals surface area contributed by atoms with Crippen LogP contribution in [0.2, 0.25) is 0 Å². The number of amides is 1. The molecule has 1 aromatic heterocycles. The predicted octanol–water partition coefficient (Wildman–Crippen LogP) is 2.86. The van der Waals surface area contributed by atoms with Gasteiger partial charge in [-0.15, -0.1) is 11.8 Å². The van der Waals surface area contributed by atoms with E-state index in [4.69, 9.17) is 5.26 Å². The number of pyridine rings is 1. The fraction of sp³-hybridized carbons (Fsp3) is 0.500. The van der Waals surface area contributed by atoms with Crippen LogP contribution >= 0.6 is 11.8 Å². The van der Waals surface area contributed by atoms with E-state index in [2.05, 4.69) is 16.4 Å². The van der Waals surface area contributed by atoms with Crippen molar-refractivity contribution in [3.05, 3.63) is 24.0 Å². The highest BCUT2D eigenvalue weighted by Gasteiger charge is 2.20. The summed E-state index contributed by atoms with van der Waals surface area (Å²) in [4.78, 5) is 17.2. The van der Waals surface area contributed by atoms with Crippen LogP contribution in [0.3, 0.4) is 0 Å². The summed E-state index contributed by atoms with van der Waals surface area (Å²) in [5.41, 5.74) is 0.235. The third-order valence-electron chi connectivity index (χ3n) is 2.57. The summed E-state index contributed by atoms with van der Waals surface area (Å²) in [7, 11) is 0. The van der Waals surface area contributed by atoms with E-state index in [1.807, 2.05) is 32.9 Å². The normalized spacial score (nSPS) is 10.8. The van der Waals surface area contributed by atoms with E-state index in [0.29, 0.717) is 18.7 Å². The zero-order valence-electron chi connectivity index (χ0n) is 11.6. The van der Waals surface area contributed by atoms with Gasteiger partial charge in [0.25, 0.3) is 5.91 Å². The van der Waals surface area contributed by atoms with Crippen molar-refractivity contribution in [2.45, 2.75) is 32.1 Å². The van der Waals surface area contributed by atoms with Crippen molar-refractivity contribution < 1.29 is 4.79 Å². The summed E-state index contributed by atoms with van der Waals surface area (Å²) >= 11 is 1.60. The summed E-state index contributed by atoms with van der Waals surface area (Å²) in [6.45, 7) is 6.41. The molecule has 0 radical (unpaired) electrons. The first-order valence-corrected chi connectivity index (χ1v) is 7.21. The highest BCUT2D eigenvalue weighted by atomic mass is 32.2. The fourth-order valence-electron chi connectivity index (χ4n) is 1.51. The van der Waals surface area contributed by atoms with Gasteiger partial charge in [0.2, 0.25) is 0 Å². The lowest BCUT2D eigenvalue weighted by molar-refractivity contribution is 0.0929. The van der Waals surface area contributed by atoms with E-state index in [1.54, 1.807) is 18.0 Å². The molecular weight excluding hydrogens is 258 g/mol. The minimum absolute atomic E-state index is 0.178. The number of hydrogen-bond donors (Lipinski definition) is 1. The van der Waals surface area contributed by atoms with Crippen LogP contribution in [0.4, 0.5) is 0 Å². The Bertz CT molecular complexity index is 480. The van der Waals surface area contributed by atoms with Crippen molar-refractivity contribution in [1.29, 1.82) is 5.26 Å². The van der Waals surface area contributed by atoms with Crippen LogP contribution < -0.4 is 5.32 Å². The fourth-order valence-corrected chi connectivity index (χ4v) is 2.28. The number of rotatable bonds is 6. The molecule has 1 heterocycles. The maximum atomic E-state index is 12.1. The van der Waals surface area contributed by atoms with Crippen LogP contribution in [0, 0.1) is 16.7 Å². The van der Waals surface area contributed by atoms with E-state index in [9.17, 15) is 4.79 Å². The molecule has 0 fully saturated rings. The molecular formula is C14H19N3OS. The first-order chi connectivity index (χ1) is 9.00. The van der Waals surface area contributed by atoms with Crippen molar-refractivity contribution in [3.8, 4) is 6.07 Å². The number of thioether (sulfide) groups is 1. The van der Waals surface area contributed by atoms with Crippen molar-refractivity contribution in [2.75, 3.05) is 12.3 Å². The Morgan fingerprint density at radius 2 is 2.32 bits per heavy atom. The molecule has 0 bridgehead atoms. The molecule has 19 heavy (non-hydrogen) atoms. The van der Waals surface area contributed by atoms with Crippen molar-refractivity contribution in [3.63, 3.8) is 0 Å². The Morgan fingerprint density at radius 3 is 2.95 bits per heavy atom. The second-order valence-electron chi connectivity index (χ2n) is 4.96. The third kappa shape index (κ3) is 4.92. The standard InChI is InChI=1S/C14H19N3OS/c1-4-19-11-6-5-9-16-12(11)13(18)17-10-14(2,3)7-8-15/h5-6,9H,4,7,10H2,1-3H3,(H,17,18). The van der Waals surface area contributed by atoms with Crippen LogP contribution in [-0.4, -0.2) is 23.2 Å². The van der Waals surface area contributed by atoms with Gasteiger partial charge in [0, 0.05) is 24.1 Å². The smallest absolute Gasteiger partial charge is 0.271 e. The van der Waals surface area contributed by atoms with Gasteiger partial charge in [-0.2, -0.15) is 5.26 Å². The highest BCUT2D eigenvalue weighted by Crippen LogP contribution is 2.21. The Balaban J connectivity index is 2.71. The van der Waals surface area contributed by atoms with Crippen LogP contribution in [0.5, 0.6) is 0 Å². The van der Waals surface area contributed by atoms with Crippen LogP contribution in [0.25, 0.3) is 0 Å². The van der Waals surface area contributed by atoms with Crippen molar-refractivity contribution in [1.82, 2.24) is 10.3 Å². The SMILES string of the molecule is CCSc1cccnc1C(=O)NCC(C)(C)CC#N. The van der Waals surface area contributed by atoms with E-state index >= 15 is 0 Å². The molecule has 0 atom stereocenters. The molecule has 0 saturated carbocycles. The molecule has 0 aliphatic rings. The topological polar surface area (TPSA) is 65.8 Å². The number of carbonyl (C=O) groups excluding carboxylic acids is 1. The molecule has 1 aromatic rings. The van der Waals surface area contributed by atoms with E-state index in [1.165, 1.54) is 0 Å². The van der Waals surface area contributed by atoms with Gasteiger partial charge in [0.1, 0.15) is 5.69 Å². The van der Waals surface area contributed by atoms with Gasteiger partial charge >= 0.3 is 0 Å². The first-order valence-electron chi connectivity index (χ1n) is 6.23. The lowest BCUT2D eigenvalue weighted by Gasteiger charge is -2.21. The van der Waals surface area contributed by atoms with Gasteiger partial charge in [-0.05, 0) is 23.3 Å². The monoisotopic (exact) mass is 277 g/mol. The maximum absolute atomic E-state index is 12.1. The van der Waals surface area contributed by atoms with Crippen LogP contribution in [0.1, 0.15) is 37.7 Å². The highest BCUT2D eigenvalue weighted by molar-refractivity contribution is 7.99. The minimum atomic E-state index is -0.225. The maximum Gasteiger partial charge on any atom is 0.271 e. The second-order valence-corrected chi connectivity index (χ2v) is 6.27. The zero-order chi connectivity index (χ0) is 14.3. The number of nitrogens with one attached hydrogen (secondary N) is 1. The summed E-state index contributed by atoms with van der Waals surface area (Å²) in [5, 5.41) is 11.6. The molecule has 1 N–H and O–H groups in total. The summed E-state index contributed by atoms with van der Waals surface area (Å²) in [5.74, 6) is 0.717. The molecule has 0 aliphatic carbocycles. The zero-order valence-corrected chi connectivity index (χ0v) is 12.4. The molecule has 0 unspecified atom stereocenters. The number of aromatic nitrogens is 1. The van der Waals surface area contributed by atoms with Crippen LogP contribution in [-0.2, 0) is 0 Å². The molecule has 0 spiro atoms. The van der Waals surface area contributed by atoms with Gasteiger partial charge in [0.15, 0.2) is 0 Å². The molecule has 0 saturated heterocycles. The number of nitriles is 1. The molecule has 1 rings (SSSR count). The van der Waals surface area contributed by atoms with Crippen LogP contribution in [0.15, 0.2) is 23.2 Å². The lowest BCUT2D eigenvalue weighted by Crippen LogP contribution is -2.34. The van der Waals surface area contributed by atoms with Crippen molar-refractivity contribution in [2.24, 2.45) is 5.41 Å². The van der Waals surface area contributed by atoms with Gasteiger partial charge in [0.05, 0.1) is 6.07 Å². The quantitative estimate of drug-likeness (QED) is 0.812. The summed E-state index contributed by atoms with van der Waals surface area (Å²) in [6.07, 6.45) is 2.03. The largest absolute Gasteiger partial charge is 0.350 e. The van der Waals surface area contributed by atoms with Gasteiger partial charge in [-0.3, -0.25) is 4.79 Å². The molecule has 4 nitrogen and oxygen atoms in total. The second kappa shape index (κ2) is 7.15. The first kappa shape index (κ1) is 15.5. The number of nitrogens with zero attached hydrogens (tertiary/aromatic N) is 2. The average Bonchev–Trinajstić information content (AvgIpc) is 2.37. The molecule has 0 aromatic carbocycles. The predicted molar refractivity (Wildman–Crippen MR) is 77.0 cm³/mol. The molecule has 102 valence electrons. The minimum Gasteiger partial charge on any atom is -0.350 e. The molecule has 5 heteroatoms. The molecule has 0 aliphatic heterocycles. The lowest BCUT2D eigenvalue weighted by atomic mass is 9.90. The van der Waals surface area contributed by atoms with E-state index < -0.39 is 0 Å². The number of carbonyl (C=O) groups is 1. The number of hydrogen-bond acceptors (Lipinski definition) is 4. The van der Waals surface area contributed by atoms with Gasteiger partial charge in [-0.1, -0.05) is 20.8 Å². The third-order valence-corrected chi connectivity index (χ3v) is 3.50. The van der Waals surface area contributed by atoms with Gasteiger partial charge in [-0.25, -0.2) is 4.98 Å². The van der Waals surface area contributed by atoms with Gasteiger partial charge < -0.3 is 5.32 Å². The molecule has 1 amide bonds. The van der Waals surface area contributed by atoms with E-state index in [-0.39, 0.29) is 11.3 Å². The Labute approximate surface area is 118 Å². The Kier molecular flexibility index (Phi) is 5.84. The Hall–Kier alpha value is -1.54. The average molecular weight is 277 g/mol.